The number of benzene rings is 1. The van der Waals surface area contributed by atoms with E-state index >= 15 is 0 Å². The maximum Gasteiger partial charge on any atom is 1.00 e. The largest absolute Gasteiger partial charge is 1.00 e. The molecule has 1 aromatic carbocycles. The molecule has 4 N–H and O–H groups in total. The minimum atomic E-state index is -5.63. The number of aliphatic hydroxyl groups is 2. The molecule has 0 aliphatic carbocycles. The van der Waals surface area contributed by atoms with Crippen LogP contribution in [-0.2, 0) is 29.2 Å². The Morgan fingerprint density at radius 2 is 1.79 bits per heavy atom. The smallest absolute Gasteiger partial charge is 1.00 e. The van der Waals surface area contributed by atoms with Crippen molar-refractivity contribution >= 4 is 26.6 Å². The predicted octanol–water partition coefficient (Wildman–Crippen LogP) is -10.0. The summed E-state index contributed by atoms with van der Waals surface area (Å²) in [6, 6.07) is 6.27. The van der Waals surface area contributed by atoms with Crippen molar-refractivity contribution < 1.29 is 144 Å². The second-order valence-electron chi connectivity index (χ2n) is 7.92. The molecule has 16 nitrogen and oxygen atoms in total. The molecule has 3 unspecified atom stereocenters. The van der Waals surface area contributed by atoms with Crippen LogP contribution in [-0.4, -0.2) is 59.2 Å². The van der Waals surface area contributed by atoms with Gasteiger partial charge in [-0.1, -0.05) is 11.2 Å². The molecule has 6 atom stereocenters. The van der Waals surface area contributed by atoms with Crippen LogP contribution in [0.4, 0.5) is 0 Å². The number of fused-ring (bicyclic) bond motifs is 1. The summed E-state index contributed by atoms with van der Waals surface area (Å²) in [7, 11) is -10.9. The molecule has 3 aromatic rings. The second-order valence-corrected chi connectivity index (χ2v) is 10.7. The molecule has 0 saturated carbocycles. The van der Waals surface area contributed by atoms with E-state index in [2.05, 4.69) is 14.0 Å². The molecular weight excluding hydrogens is 597 g/mol. The van der Waals surface area contributed by atoms with Gasteiger partial charge in [-0.05, 0) is 24.6 Å². The summed E-state index contributed by atoms with van der Waals surface area (Å²) in [4.78, 5) is 54.1. The second kappa shape index (κ2) is 14.8. The first-order valence-corrected chi connectivity index (χ1v) is 13.2. The first kappa shape index (κ1) is 37.5. The van der Waals surface area contributed by atoms with Crippen molar-refractivity contribution in [1.29, 1.82) is 0 Å². The SMILES string of the molecule is Cc1ccc2c(Cn3c(=O)ccn([C@@H]4O[C@H](COP(=O)(O)OP(=O)([O-])O)[C@H](O)C4O)c3=O)noc2c1.[H-].[H-].[Na+].[Na+].[Na+]. The zero-order valence-electron chi connectivity index (χ0n) is 23.3. The molecule has 1 fully saturated rings. The molecule has 1 aliphatic rings. The van der Waals surface area contributed by atoms with Gasteiger partial charge < -0.3 is 37.0 Å². The molecule has 0 amide bonds. The number of phosphoric ester groups is 1. The number of hydrogen-bond acceptors (Lipinski definition) is 12. The van der Waals surface area contributed by atoms with Gasteiger partial charge in [-0.2, -0.15) is 0 Å². The Kier molecular flexibility index (Phi) is 14.2. The third-order valence-corrected chi connectivity index (χ3v) is 7.45. The van der Waals surface area contributed by atoms with Crippen LogP contribution >= 0.6 is 15.6 Å². The van der Waals surface area contributed by atoms with Crippen molar-refractivity contribution in [3.63, 3.8) is 0 Å². The van der Waals surface area contributed by atoms with Crippen LogP contribution in [0, 0.1) is 6.92 Å². The molecule has 3 heterocycles. The fraction of sp³-hybridized carbons (Fsp3) is 0.389. The van der Waals surface area contributed by atoms with Crippen LogP contribution < -0.4 is 105 Å². The van der Waals surface area contributed by atoms with Gasteiger partial charge in [-0.25, -0.2) is 13.7 Å². The Morgan fingerprint density at radius 1 is 1.13 bits per heavy atom. The summed E-state index contributed by atoms with van der Waals surface area (Å²) in [5.41, 5.74) is 0.0227. The summed E-state index contributed by atoms with van der Waals surface area (Å²) < 4.78 is 42.4. The zero-order chi connectivity index (χ0) is 26.4. The first-order valence-electron chi connectivity index (χ1n) is 10.2. The molecular formula is C18H22N3Na3O13P2. The van der Waals surface area contributed by atoms with E-state index in [9.17, 15) is 38.7 Å². The third kappa shape index (κ3) is 9.00. The van der Waals surface area contributed by atoms with Gasteiger partial charge in [0.15, 0.2) is 11.8 Å². The number of aryl methyl sites for hydroxylation is 1. The minimum Gasteiger partial charge on any atom is -1.00 e. The number of hydrogen-bond donors (Lipinski definition) is 4. The van der Waals surface area contributed by atoms with Crippen molar-refractivity contribution in [3.05, 3.63) is 62.6 Å². The summed E-state index contributed by atoms with van der Waals surface area (Å²) in [6.07, 6.45) is -5.60. The van der Waals surface area contributed by atoms with E-state index in [4.69, 9.17) is 14.2 Å². The number of phosphoric acid groups is 2. The third-order valence-electron chi connectivity index (χ3n) is 5.33. The van der Waals surface area contributed by atoms with E-state index < -0.39 is 58.0 Å². The fourth-order valence-electron chi connectivity index (χ4n) is 3.65. The molecule has 21 heteroatoms. The topological polar surface area (TPSA) is 236 Å². The normalized spacial score (nSPS) is 23.6. The molecule has 39 heavy (non-hydrogen) atoms. The number of ether oxygens (including phenoxy) is 1. The van der Waals surface area contributed by atoms with Gasteiger partial charge in [0, 0.05) is 17.6 Å². The van der Waals surface area contributed by atoms with Crippen LogP contribution in [0.25, 0.3) is 11.0 Å². The maximum atomic E-state index is 13.1. The Morgan fingerprint density at radius 3 is 2.44 bits per heavy atom. The van der Waals surface area contributed by atoms with Crippen molar-refractivity contribution in [2.24, 2.45) is 0 Å². The summed E-state index contributed by atoms with van der Waals surface area (Å²) in [5.74, 6) is 0. The average Bonchev–Trinajstić information content (AvgIpc) is 3.28. The Labute approximate surface area is 288 Å². The van der Waals surface area contributed by atoms with Gasteiger partial charge in [0.05, 0.1) is 13.2 Å². The van der Waals surface area contributed by atoms with Crippen molar-refractivity contribution in [1.82, 2.24) is 14.3 Å². The Balaban J connectivity index is 0. The van der Waals surface area contributed by atoms with Crippen LogP contribution in [0.15, 0.2) is 44.6 Å². The Hall–Kier alpha value is 0.510. The molecule has 2 aromatic heterocycles. The molecule has 1 aliphatic heterocycles. The van der Waals surface area contributed by atoms with E-state index in [0.717, 1.165) is 27.0 Å². The number of aromatic nitrogens is 3. The van der Waals surface area contributed by atoms with Gasteiger partial charge in [-0.15, -0.1) is 0 Å². The molecule has 0 bridgehead atoms. The van der Waals surface area contributed by atoms with Crippen LogP contribution in [0.3, 0.4) is 0 Å². The quantitative estimate of drug-likeness (QED) is 0.135. The van der Waals surface area contributed by atoms with Gasteiger partial charge in [-0.3, -0.25) is 23.0 Å². The zero-order valence-corrected chi connectivity index (χ0v) is 29.1. The molecule has 0 radical (unpaired) electrons. The van der Waals surface area contributed by atoms with Gasteiger partial charge in [0.1, 0.15) is 24.0 Å². The van der Waals surface area contributed by atoms with Crippen LogP contribution in [0.1, 0.15) is 20.3 Å². The number of aliphatic hydroxyl groups excluding tert-OH is 2. The summed E-state index contributed by atoms with van der Waals surface area (Å²) in [6.45, 7) is 0.595. The fourth-order valence-corrected chi connectivity index (χ4v) is 5.22. The van der Waals surface area contributed by atoms with E-state index in [1.165, 1.54) is 0 Å². The standard InChI is InChI=1S/C18H21N3O13P2.3Na.2H/c1-9-2-3-10-11(19-33-12(10)6-9)7-21-14(22)4-5-20(18(21)25)17-16(24)15(23)13(32-17)8-31-36(29,30)34-35(26,27)28;;;;;/h2-6,13,15-17,23-24H,7-8H2,1H3,(H,29,30)(H2,26,27,28);;;;;/q;3*+1;2*-1/p-1/t13-,15+,16?,17-;;;;;/m1...../s1. The summed E-state index contributed by atoms with van der Waals surface area (Å²) in [5, 5.41) is 25.1. The maximum absolute atomic E-state index is 13.1. The van der Waals surface area contributed by atoms with E-state index in [-0.39, 0.29) is 98.1 Å². The van der Waals surface area contributed by atoms with Crippen molar-refractivity contribution in [3.8, 4) is 0 Å². The molecule has 4 rings (SSSR count). The van der Waals surface area contributed by atoms with Crippen molar-refractivity contribution in [2.75, 3.05) is 6.61 Å². The number of nitrogens with zero attached hydrogens (tertiary/aromatic N) is 3. The summed E-state index contributed by atoms with van der Waals surface area (Å²) >= 11 is 0. The van der Waals surface area contributed by atoms with E-state index in [1.54, 1.807) is 18.2 Å². The van der Waals surface area contributed by atoms with Crippen LogP contribution in [0.2, 0.25) is 0 Å². The number of rotatable bonds is 8. The molecule has 1 saturated heterocycles. The van der Waals surface area contributed by atoms with Gasteiger partial charge in [0.2, 0.25) is 0 Å². The van der Waals surface area contributed by atoms with Gasteiger partial charge in [0.25, 0.3) is 13.4 Å². The monoisotopic (exact) mass is 619 g/mol. The van der Waals surface area contributed by atoms with E-state index in [1.807, 2.05) is 6.92 Å². The average molecular weight is 619 g/mol. The van der Waals surface area contributed by atoms with Crippen LogP contribution in [0.5, 0.6) is 0 Å². The Bertz CT molecular complexity index is 1520. The predicted molar refractivity (Wildman–Crippen MR) is 118 cm³/mol. The molecule has 0 spiro atoms. The van der Waals surface area contributed by atoms with Gasteiger partial charge >= 0.3 is 102 Å². The van der Waals surface area contributed by atoms with Crippen molar-refractivity contribution in [2.45, 2.75) is 38.0 Å². The molecule has 200 valence electrons. The minimum absolute atomic E-state index is 0. The van der Waals surface area contributed by atoms with E-state index in [0.29, 0.717) is 16.7 Å². The first-order chi connectivity index (χ1) is 16.8.